The predicted molar refractivity (Wildman–Crippen MR) is 89.5 cm³/mol. The zero-order valence-electron chi connectivity index (χ0n) is 14.6. The van der Waals surface area contributed by atoms with E-state index in [0.29, 0.717) is 24.8 Å². The minimum atomic E-state index is -0.812. The first kappa shape index (κ1) is 20.9. The quantitative estimate of drug-likeness (QED) is 0.516. The number of hydrogen-bond acceptors (Lipinski definition) is 3. The lowest BCUT2D eigenvalue weighted by Crippen LogP contribution is -2.43. The van der Waals surface area contributed by atoms with Crippen LogP contribution >= 0.6 is 0 Å². The Morgan fingerprint density at radius 2 is 1.82 bits per heavy atom. The van der Waals surface area contributed by atoms with E-state index in [1.165, 1.54) is 0 Å². The second-order valence-corrected chi connectivity index (χ2v) is 6.93. The Hall–Kier alpha value is -1.10. The lowest BCUT2D eigenvalue weighted by Gasteiger charge is -2.21. The van der Waals surface area contributed by atoms with Crippen LogP contribution in [0.15, 0.2) is 0 Å². The summed E-state index contributed by atoms with van der Waals surface area (Å²) in [7, 11) is 0. The molecule has 3 atom stereocenters. The molecule has 0 bridgehead atoms. The van der Waals surface area contributed by atoms with E-state index >= 15 is 0 Å². The number of carboxylic acids is 1. The lowest BCUT2D eigenvalue weighted by molar-refractivity contribution is -0.138. The molecule has 1 amide bonds. The maximum Gasteiger partial charge on any atom is 0.303 e. The van der Waals surface area contributed by atoms with Crippen LogP contribution in [0.1, 0.15) is 66.2 Å². The summed E-state index contributed by atoms with van der Waals surface area (Å²) in [5.41, 5.74) is 5.84. The van der Waals surface area contributed by atoms with E-state index in [0.717, 1.165) is 25.7 Å². The Morgan fingerprint density at radius 3 is 2.32 bits per heavy atom. The topological polar surface area (TPSA) is 92.4 Å². The van der Waals surface area contributed by atoms with Gasteiger partial charge in [0.1, 0.15) is 0 Å². The van der Waals surface area contributed by atoms with E-state index in [-0.39, 0.29) is 18.2 Å². The molecule has 0 unspecified atom stereocenters. The van der Waals surface area contributed by atoms with Gasteiger partial charge in [-0.1, -0.05) is 47.0 Å². The minimum Gasteiger partial charge on any atom is -0.481 e. The number of unbranched alkanes of at least 4 members (excludes halogenated alkanes) is 1. The third-order valence-electron chi connectivity index (χ3n) is 3.88. The summed E-state index contributed by atoms with van der Waals surface area (Å²) in [5, 5.41) is 11.9. The average Bonchev–Trinajstić information content (AvgIpc) is 2.40. The Bertz CT molecular complexity index is 332. The van der Waals surface area contributed by atoms with E-state index in [9.17, 15) is 9.59 Å². The number of carbonyl (C=O) groups is 2. The molecule has 0 saturated carbocycles. The van der Waals surface area contributed by atoms with Gasteiger partial charge >= 0.3 is 5.97 Å². The highest BCUT2D eigenvalue weighted by molar-refractivity contribution is 5.81. The summed E-state index contributed by atoms with van der Waals surface area (Å²) < 4.78 is 0. The molecule has 0 spiro atoms. The molecule has 0 aromatic rings. The van der Waals surface area contributed by atoms with Crippen molar-refractivity contribution in [1.29, 1.82) is 0 Å². The monoisotopic (exact) mass is 314 g/mol. The van der Waals surface area contributed by atoms with Crippen molar-refractivity contribution in [3.63, 3.8) is 0 Å². The van der Waals surface area contributed by atoms with E-state index in [1.54, 1.807) is 0 Å². The van der Waals surface area contributed by atoms with Gasteiger partial charge in [-0.15, -0.1) is 0 Å². The normalized spacial score (nSPS) is 15.4. The smallest absolute Gasteiger partial charge is 0.303 e. The van der Waals surface area contributed by atoms with Crippen LogP contribution in [0.4, 0.5) is 0 Å². The molecule has 4 N–H and O–H groups in total. The Kier molecular flexibility index (Phi) is 10.9. The average molecular weight is 314 g/mol. The first-order valence-corrected chi connectivity index (χ1v) is 8.51. The zero-order chi connectivity index (χ0) is 17.1. The molecule has 0 aromatic carbocycles. The van der Waals surface area contributed by atoms with Crippen molar-refractivity contribution in [3.8, 4) is 0 Å². The summed E-state index contributed by atoms with van der Waals surface area (Å²) in [4.78, 5) is 22.9. The highest BCUT2D eigenvalue weighted by Gasteiger charge is 2.20. The van der Waals surface area contributed by atoms with Gasteiger partial charge in [0.15, 0.2) is 0 Å². The molecule has 0 aliphatic rings. The molecule has 5 heteroatoms. The van der Waals surface area contributed by atoms with Gasteiger partial charge in [0, 0.05) is 13.0 Å². The number of carboxylic acid groups (broad SMARTS) is 1. The second-order valence-electron chi connectivity index (χ2n) is 6.93. The van der Waals surface area contributed by atoms with E-state index < -0.39 is 12.0 Å². The molecule has 0 radical (unpaired) electrons. The Labute approximate surface area is 135 Å². The summed E-state index contributed by atoms with van der Waals surface area (Å²) >= 11 is 0. The molecule has 0 heterocycles. The summed E-state index contributed by atoms with van der Waals surface area (Å²) in [6.07, 6.45) is 4.97. The van der Waals surface area contributed by atoms with Gasteiger partial charge in [-0.25, -0.2) is 0 Å². The molecule has 5 nitrogen and oxygen atoms in total. The fraction of sp³-hybridized carbons (Fsp3) is 0.882. The zero-order valence-corrected chi connectivity index (χ0v) is 14.6. The largest absolute Gasteiger partial charge is 0.481 e. The van der Waals surface area contributed by atoms with Gasteiger partial charge in [-0.05, 0) is 30.6 Å². The van der Waals surface area contributed by atoms with Gasteiger partial charge in [-0.3, -0.25) is 9.59 Å². The standard InChI is InChI=1S/C17H34N2O3/c1-5-6-7-13(4)9-14(10-16(20)21)11-19-17(22)15(18)8-12(2)3/h12-15H,5-11,18H2,1-4H3,(H,19,22)(H,20,21)/t13-,14+,15+/m1/s1. The van der Waals surface area contributed by atoms with Crippen molar-refractivity contribution < 1.29 is 14.7 Å². The van der Waals surface area contributed by atoms with Crippen LogP contribution in [0.2, 0.25) is 0 Å². The maximum absolute atomic E-state index is 11.9. The van der Waals surface area contributed by atoms with Gasteiger partial charge < -0.3 is 16.2 Å². The number of hydrogen-bond donors (Lipinski definition) is 3. The van der Waals surface area contributed by atoms with Crippen LogP contribution in [0.3, 0.4) is 0 Å². The molecule has 22 heavy (non-hydrogen) atoms. The number of aliphatic carboxylic acids is 1. The van der Waals surface area contributed by atoms with Crippen LogP contribution < -0.4 is 11.1 Å². The van der Waals surface area contributed by atoms with Crippen LogP contribution in [-0.2, 0) is 9.59 Å². The van der Waals surface area contributed by atoms with Crippen LogP contribution in [-0.4, -0.2) is 29.6 Å². The molecule has 0 fully saturated rings. The van der Waals surface area contributed by atoms with E-state index in [2.05, 4.69) is 19.2 Å². The fourth-order valence-electron chi connectivity index (χ4n) is 2.72. The number of carbonyl (C=O) groups excluding carboxylic acids is 1. The molecular weight excluding hydrogens is 280 g/mol. The first-order valence-electron chi connectivity index (χ1n) is 8.51. The summed E-state index contributed by atoms with van der Waals surface area (Å²) in [5.74, 6) is -0.173. The second kappa shape index (κ2) is 11.5. The molecule has 0 aliphatic heterocycles. The SMILES string of the molecule is CCCC[C@@H](C)C[C@H](CNC(=O)[C@@H](N)CC(C)C)CC(=O)O. The van der Waals surface area contributed by atoms with E-state index in [4.69, 9.17) is 10.8 Å². The van der Waals surface area contributed by atoms with Crippen LogP contribution in [0, 0.1) is 17.8 Å². The van der Waals surface area contributed by atoms with Crippen molar-refractivity contribution in [1.82, 2.24) is 5.32 Å². The third kappa shape index (κ3) is 10.6. The van der Waals surface area contributed by atoms with Gasteiger partial charge in [0.05, 0.1) is 6.04 Å². The minimum absolute atomic E-state index is 0.0282. The molecule has 0 rings (SSSR count). The highest BCUT2D eigenvalue weighted by Crippen LogP contribution is 2.20. The van der Waals surface area contributed by atoms with Crippen molar-refractivity contribution in [2.75, 3.05) is 6.54 Å². The van der Waals surface area contributed by atoms with Crippen molar-refractivity contribution in [3.05, 3.63) is 0 Å². The summed E-state index contributed by atoms with van der Waals surface area (Å²) in [6, 6.07) is -0.511. The van der Waals surface area contributed by atoms with Gasteiger partial charge in [0.25, 0.3) is 0 Å². The van der Waals surface area contributed by atoms with Crippen molar-refractivity contribution >= 4 is 11.9 Å². The van der Waals surface area contributed by atoms with Gasteiger partial charge in [0.2, 0.25) is 5.91 Å². The Morgan fingerprint density at radius 1 is 1.18 bits per heavy atom. The van der Waals surface area contributed by atoms with Crippen molar-refractivity contribution in [2.24, 2.45) is 23.5 Å². The molecule has 130 valence electrons. The van der Waals surface area contributed by atoms with E-state index in [1.807, 2.05) is 13.8 Å². The van der Waals surface area contributed by atoms with Crippen LogP contribution in [0.5, 0.6) is 0 Å². The number of amides is 1. The number of nitrogens with one attached hydrogen (secondary N) is 1. The first-order chi connectivity index (χ1) is 10.3. The molecule has 0 aromatic heterocycles. The molecule has 0 aliphatic carbocycles. The number of nitrogens with two attached hydrogens (primary N) is 1. The van der Waals surface area contributed by atoms with Crippen molar-refractivity contribution in [2.45, 2.75) is 72.3 Å². The van der Waals surface area contributed by atoms with Crippen LogP contribution in [0.25, 0.3) is 0 Å². The lowest BCUT2D eigenvalue weighted by atomic mass is 9.89. The number of rotatable bonds is 12. The predicted octanol–water partition coefficient (Wildman–Crippen LogP) is 2.78. The summed E-state index contributed by atoms with van der Waals surface area (Å²) in [6.45, 7) is 8.74. The molecular formula is C17H34N2O3. The highest BCUT2D eigenvalue weighted by atomic mass is 16.4. The Balaban J connectivity index is 4.34. The third-order valence-corrected chi connectivity index (χ3v) is 3.88. The molecule has 0 saturated heterocycles. The van der Waals surface area contributed by atoms with Gasteiger partial charge in [-0.2, -0.15) is 0 Å². The maximum atomic E-state index is 11.9. The fourth-order valence-corrected chi connectivity index (χ4v) is 2.72.